The van der Waals surface area contributed by atoms with Gasteiger partial charge in [0.1, 0.15) is 0 Å². The fourth-order valence-electron chi connectivity index (χ4n) is 4.79. The molecule has 0 spiro atoms. The topological polar surface area (TPSA) is 87.2 Å². The molecule has 8 nitrogen and oxygen atoms in total. The SMILES string of the molecule is CCOC(=O)c1ccc(N2C(=O)C[C@@H](N3CCC(C(=O)N4CCCC4)CC3)C2=O)cc1. The second-order valence-electron chi connectivity index (χ2n) is 8.40. The maximum absolute atomic E-state index is 13.1. The van der Waals surface area contributed by atoms with Crippen LogP contribution in [-0.4, -0.2) is 72.3 Å². The molecule has 4 rings (SSSR count). The summed E-state index contributed by atoms with van der Waals surface area (Å²) in [5.74, 6) is -0.646. The Morgan fingerprint density at radius 3 is 2.26 bits per heavy atom. The molecule has 3 amide bonds. The van der Waals surface area contributed by atoms with E-state index < -0.39 is 12.0 Å². The zero-order chi connectivity index (χ0) is 22.0. The molecule has 31 heavy (non-hydrogen) atoms. The fourth-order valence-corrected chi connectivity index (χ4v) is 4.79. The predicted octanol–water partition coefficient (Wildman–Crippen LogP) is 1.83. The summed E-state index contributed by atoms with van der Waals surface area (Å²) in [5.41, 5.74) is 0.843. The van der Waals surface area contributed by atoms with E-state index in [9.17, 15) is 19.2 Å². The third kappa shape index (κ3) is 4.35. The van der Waals surface area contributed by atoms with Crippen LogP contribution in [0.15, 0.2) is 24.3 Å². The molecule has 3 saturated heterocycles. The fraction of sp³-hybridized carbons (Fsp3) is 0.565. The molecule has 3 aliphatic heterocycles. The van der Waals surface area contributed by atoms with Crippen LogP contribution in [0.3, 0.4) is 0 Å². The van der Waals surface area contributed by atoms with Crippen molar-refractivity contribution in [1.29, 1.82) is 0 Å². The number of nitrogens with zero attached hydrogens (tertiary/aromatic N) is 3. The van der Waals surface area contributed by atoms with Crippen LogP contribution < -0.4 is 4.90 Å². The van der Waals surface area contributed by atoms with Crippen LogP contribution in [0.1, 0.15) is 49.4 Å². The molecule has 0 saturated carbocycles. The molecular weight excluding hydrogens is 398 g/mol. The number of hydrogen-bond donors (Lipinski definition) is 0. The number of hydrogen-bond acceptors (Lipinski definition) is 6. The van der Waals surface area contributed by atoms with Gasteiger partial charge in [0.2, 0.25) is 11.8 Å². The molecule has 166 valence electrons. The number of likely N-dealkylation sites (tertiary alicyclic amines) is 2. The Morgan fingerprint density at radius 1 is 1.00 bits per heavy atom. The van der Waals surface area contributed by atoms with Crippen LogP contribution >= 0.6 is 0 Å². The van der Waals surface area contributed by atoms with Gasteiger partial charge < -0.3 is 9.64 Å². The average molecular weight is 428 g/mol. The molecular formula is C23H29N3O5. The highest BCUT2D eigenvalue weighted by molar-refractivity contribution is 6.22. The third-order valence-electron chi connectivity index (χ3n) is 6.50. The molecule has 1 aromatic carbocycles. The van der Waals surface area contributed by atoms with Crippen molar-refractivity contribution in [3.63, 3.8) is 0 Å². The van der Waals surface area contributed by atoms with Crippen LogP contribution in [0.25, 0.3) is 0 Å². The van der Waals surface area contributed by atoms with Crippen molar-refractivity contribution in [3.8, 4) is 0 Å². The van der Waals surface area contributed by atoms with Gasteiger partial charge in [-0.1, -0.05) is 0 Å². The van der Waals surface area contributed by atoms with Gasteiger partial charge >= 0.3 is 5.97 Å². The number of amides is 3. The lowest BCUT2D eigenvalue weighted by Crippen LogP contribution is -2.48. The molecule has 0 aromatic heterocycles. The lowest BCUT2D eigenvalue weighted by Gasteiger charge is -2.35. The minimum atomic E-state index is -0.486. The van der Waals surface area contributed by atoms with E-state index in [4.69, 9.17) is 4.74 Å². The summed E-state index contributed by atoms with van der Waals surface area (Å²) < 4.78 is 4.97. The first kappa shape index (κ1) is 21.5. The van der Waals surface area contributed by atoms with Crippen molar-refractivity contribution in [3.05, 3.63) is 29.8 Å². The van der Waals surface area contributed by atoms with E-state index in [1.54, 1.807) is 31.2 Å². The van der Waals surface area contributed by atoms with Crippen LogP contribution in [0.5, 0.6) is 0 Å². The summed E-state index contributed by atoms with van der Waals surface area (Å²) in [7, 11) is 0. The number of anilines is 1. The van der Waals surface area contributed by atoms with E-state index in [-0.39, 0.29) is 36.7 Å². The van der Waals surface area contributed by atoms with Crippen molar-refractivity contribution >= 4 is 29.4 Å². The second-order valence-corrected chi connectivity index (χ2v) is 8.40. The van der Waals surface area contributed by atoms with Crippen molar-refractivity contribution in [2.75, 3.05) is 37.7 Å². The number of esters is 1. The molecule has 0 aliphatic carbocycles. The Morgan fingerprint density at radius 2 is 1.65 bits per heavy atom. The Balaban J connectivity index is 1.37. The second kappa shape index (κ2) is 9.18. The lowest BCUT2D eigenvalue weighted by atomic mass is 9.94. The molecule has 0 radical (unpaired) electrons. The monoisotopic (exact) mass is 427 g/mol. The maximum atomic E-state index is 13.1. The van der Waals surface area contributed by atoms with Gasteiger partial charge in [0, 0.05) is 19.0 Å². The first-order valence-corrected chi connectivity index (χ1v) is 11.2. The molecule has 8 heteroatoms. The van der Waals surface area contributed by atoms with Crippen molar-refractivity contribution < 1.29 is 23.9 Å². The van der Waals surface area contributed by atoms with E-state index in [1.165, 1.54) is 4.90 Å². The van der Waals surface area contributed by atoms with E-state index >= 15 is 0 Å². The highest BCUT2D eigenvalue weighted by Crippen LogP contribution is 2.30. The molecule has 0 N–H and O–H groups in total. The van der Waals surface area contributed by atoms with Gasteiger partial charge in [-0.3, -0.25) is 19.3 Å². The van der Waals surface area contributed by atoms with E-state index in [1.807, 2.05) is 9.80 Å². The highest BCUT2D eigenvalue weighted by atomic mass is 16.5. The number of piperidine rings is 1. The smallest absolute Gasteiger partial charge is 0.338 e. The standard InChI is InChI=1S/C23H29N3O5/c1-2-31-23(30)17-5-7-18(8-6-17)26-20(27)15-19(22(26)29)24-13-9-16(10-14-24)21(28)25-11-3-4-12-25/h5-8,16,19H,2-4,9-15H2,1H3/t19-/m1/s1. The summed E-state index contributed by atoms with van der Waals surface area (Å²) in [4.78, 5) is 55.4. The number of ether oxygens (including phenoxy) is 1. The minimum Gasteiger partial charge on any atom is -0.462 e. The summed E-state index contributed by atoms with van der Waals surface area (Å²) in [5, 5.41) is 0. The number of imide groups is 1. The first-order valence-electron chi connectivity index (χ1n) is 11.2. The molecule has 3 heterocycles. The van der Waals surface area contributed by atoms with Crippen LogP contribution in [0.2, 0.25) is 0 Å². The predicted molar refractivity (Wildman–Crippen MR) is 113 cm³/mol. The summed E-state index contributed by atoms with van der Waals surface area (Å²) in [6.07, 6.45) is 3.76. The number of carbonyl (C=O) groups excluding carboxylic acids is 4. The zero-order valence-corrected chi connectivity index (χ0v) is 17.9. The van der Waals surface area contributed by atoms with Gasteiger partial charge in [-0.05, 0) is 70.0 Å². The molecule has 3 aliphatic rings. The molecule has 0 unspecified atom stereocenters. The summed E-state index contributed by atoms with van der Waals surface area (Å²) >= 11 is 0. The average Bonchev–Trinajstić information content (AvgIpc) is 3.42. The molecule has 1 aromatic rings. The van der Waals surface area contributed by atoms with Crippen LogP contribution in [-0.2, 0) is 19.1 Å². The van der Waals surface area contributed by atoms with Crippen molar-refractivity contribution in [1.82, 2.24) is 9.80 Å². The van der Waals surface area contributed by atoms with Crippen LogP contribution in [0, 0.1) is 5.92 Å². The van der Waals surface area contributed by atoms with Crippen molar-refractivity contribution in [2.24, 2.45) is 5.92 Å². The van der Waals surface area contributed by atoms with E-state index in [2.05, 4.69) is 0 Å². The Labute approximate surface area is 182 Å². The molecule has 0 bridgehead atoms. The van der Waals surface area contributed by atoms with E-state index in [0.717, 1.165) is 38.8 Å². The largest absolute Gasteiger partial charge is 0.462 e. The number of carbonyl (C=O) groups is 4. The number of benzene rings is 1. The van der Waals surface area contributed by atoms with Gasteiger partial charge in [0.05, 0.1) is 30.3 Å². The summed E-state index contributed by atoms with van der Waals surface area (Å²) in [6.45, 7) is 5.02. The Bertz CT molecular complexity index is 854. The minimum absolute atomic E-state index is 0.0214. The van der Waals surface area contributed by atoms with Crippen LogP contribution in [0.4, 0.5) is 5.69 Å². The maximum Gasteiger partial charge on any atom is 0.338 e. The summed E-state index contributed by atoms with van der Waals surface area (Å²) in [6, 6.07) is 5.85. The Kier molecular flexibility index (Phi) is 6.36. The number of rotatable bonds is 5. The molecule has 1 atom stereocenters. The quantitative estimate of drug-likeness (QED) is 0.526. The zero-order valence-electron chi connectivity index (χ0n) is 17.9. The van der Waals surface area contributed by atoms with Gasteiger partial charge in [0.25, 0.3) is 5.91 Å². The van der Waals surface area contributed by atoms with Gasteiger partial charge in [-0.15, -0.1) is 0 Å². The Hall–Kier alpha value is -2.74. The molecule has 3 fully saturated rings. The van der Waals surface area contributed by atoms with Gasteiger partial charge in [-0.25, -0.2) is 9.69 Å². The normalized spacial score (nSPS) is 22.9. The third-order valence-corrected chi connectivity index (χ3v) is 6.50. The highest BCUT2D eigenvalue weighted by Gasteiger charge is 2.44. The van der Waals surface area contributed by atoms with Gasteiger partial charge in [0.15, 0.2) is 0 Å². The first-order chi connectivity index (χ1) is 15.0. The van der Waals surface area contributed by atoms with Gasteiger partial charge in [-0.2, -0.15) is 0 Å². The van der Waals surface area contributed by atoms with Crippen molar-refractivity contribution in [2.45, 2.75) is 45.1 Å². The lowest BCUT2D eigenvalue weighted by molar-refractivity contribution is -0.136. The van der Waals surface area contributed by atoms with E-state index in [0.29, 0.717) is 24.3 Å².